The highest BCUT2D eigenvalue weighted by molar-refractivity contribution is 6.17. The van der Waals surface area contributed by atoms with Gasteiger partial charge in [-0.25, -0.2) is 0 Å². The zero-order valence-corrected chi connectivity index (χ0v) is 19.8. The van der Waals surface area contributed by atoms with Crippen molar-refractivity contribution in [1.29, 1.82) is 0 Å². The molecule has 34 heavy (non-hydrogen) atoms. The molecule has 7 nitrogen and oxygen atoms in total. The topological polar surface area (TPSA) is 62.5 Å². The highest BCUT2D eigenvalue weighted by atomic mass is 16.2. The number of nitrogens with zero attached hydrogens (tertiary/aromatic N) is 4. The van der Waals surface area contributed by atoms with Crippen molar-refractivity contribution in [2.24, 2.45) is 14.1 Å². The Kier molecular flexibility index (Phi) is 6.22. The van der Waals surface area contributed by atoms with Crippen LogP contribution in [0.1, 0.15) is 15.9 Å². The summed E-state index contributed by atoms with van der Waals surface area (Å²) in [5, 5.41) is 4.75. The molecule has 7 heteroatoms. The fraction of sp³-hybridized carbons (Fsp3) is 0.333. The first-order valence-corrected chi connectivity index (χ1v) is 11.9. The second kappa shape index (κ2) is 9.44. The van der Waals surface area contributed by atoms with Gasteiger partial charge in [0.1, 0.15) is 5.52 Å². The Balaban J connectivity index is 1.24. The molecule has 0 spiro atoms. The van der Waals surface area contributed by atoms with E-state index >= 15 is 0 Å². The lowest BCUT2D eigenvalue weighted by Gasteiger charge is -2.34. The molecule has 1 saturated heterocycles. The lowest BCUT2D eigenvalue weighted by molar-refractivity contribution is 0.0935. The van der Waals surface area contributed by atoms with Gasteiger partial charge in [-0.05, 0) is 11.6 Å². The van der Waals surface area contributed by atoms with Crippen LogP contribution in [0.2, 0.25) is 0 Å². The number of hydrogen-bond donors (Lipinski definition) is 1. The minimum atomic E-state index is -0.139. The van der Waals surface area contributed by atoms with E-state index in [9.17, 15) is 9.59 Å². The number of pyridine rings is 1. The van der Waals surface area contributed by atoms with Gasteiger partial charge in [0.2, 0.25) is 0 Å². The molecule has 4 aromatic rings. The maximum atomic E-state index is 13.2. The molecule has 0 saturated carbocycles. The minimum Gasteiger partial charge on any atom is -0.351 e. The number of hydrogen-bond acceptors (Lipinski definition) is 4. The monoisotopic (exact) mass is 457 g/mol. The molecular weight excluding hydrogens is 426 g/mol. The van der Waals surface area contributed by atoms with Crippen LogP contribution in [-0.2, 0) is 20.6 Å². The lowest BCUT2D eigenvalue weighted by Crippen LogP contribution is -2.48. The van der Waals surface area contributed by atoms with E-state index in [0.717, 1.165) is 55.6 Å². The fourth-order valence-electron chi connectivity index (χ4n) is 5.01. The summed E-state index contributed by atoms with van der Waals surface area (Å²) < 4.78 is 3.39. The van der Waals surface area contributed by atoms with Gasteiger partial charge in [-0.3, -0.25) is 19.4 Å². The Morgan fingerprint density at radius 2 is 1.59 bits per heavy atom. The van der Waals surface area contributed by atoms with Gasteiger partial charge in [0, 0.05) is 82.4 Å². The zero-order chi connectivity index (χ0) is 23.7. The molecule has 1 amide bonds. The highest BCUT2D eigenvalue weighted by Crippen LogP contribution is 2.28. The molecule has 2 aromatic heterocycles. The molecule has 3 heterocycles. The first kappa shape index (κ1) is 22.4. The number of piperazine rings is 1. The second-order valence-electron chi connectivity index (χ2n) is 9.12. The van der Waals surface area contributed by atoms with E-state index in [4.69, 9.17) is 0 Å². The summed E-state index contributed by atoms with van der Waals surface area (Å²) in [6.07, 6.45) is 1.66. The summed E-state index contributed by atoms with van der Waals surface area (Å²) in [5.41, 5.74) is 3.30. The van der Waals surface area contributed by atoms with Gasteiger partial charge in [-0.15, -0.1) is 0 Å². The largest absolute Gasteiger partial charge is 0.351 e. The highest BCUT2D eigenvalue weighted by Gasteiger charge is 2.21. The summed E-state index contributed by atoms with van der Waals surface area (Å²) >= 11 is 0. The molecule has 1 N–H and O–H groups in total. The van der Waals surface area contributed by atoms with Crippen LogP contribution in [0.4, 0.5) is 0 Å². The third kappa shape index (κ3) is 4.24. The second-order valence-corrected chi connectivity index (χ2v) is 9.12. The molecule has 5 rings (SSSR count). The number of aromatic nitrogens is 2. The van der Waals surface area contributed by atoms with Crippen LogP contribution in [0.15, 0.2) is 65.6 Å². The van der Waals surface area contributed by atoms with Gasteiger partial charge >= 0.3 is 0 Å². The Bertz CT molecular complexity index is 1380. The van der Waals surface area contributed by atoms with Gasteiger partial charge in [0.05, 0.1) is 5.56 Å². The predicted octanol–water partition coefficient (Wildman–Crippen LogP) is 2.58. The fourth-order valence-corrected chi connectivity index (χ4v) is 5.01. The SMILES string of the molecule is Cn1cc(C(=O)NCCN2CCN(Cc3ccccc3)CC2)c2c3ccccc3n(C)c2c1=O. The summed E-state index contributed by atoms with van der Waals surface area (Å²) in [6, 6.07) is 18.4. The van der Waals surface area contributed by atoms with E-state index in [0.29, 0.717) is 17.6 Å². The number of aryl methyl sites for hydroxylation is 2. The minimum absolute atomic E-state index is 0.0985. The zero-order valence-electron chi connectivity index (χ0n) is 19.8. The number of nitrogens with one attached hydrogen (secondary N) is 1. The molecule has 1 fully saturated rings. The first-order chi connectivity index (χ1) is 16.5. The third-order valence-corrected chi connectivity index (χ3v) is 6.89. The Hall–Kier alpha value is -3.42. The molecule has 0 unspecified atom stereocenters. The van der Waals surface area contributed by atoms with Gasteiger partial charge in [-0.1, -0.05) is 48.5 Å². The van der Waals surface area contributed by atoms with Crippen LogP contribution in [0.5, 0.6) is 0 Å². The van der Waals surface area contributed by atoms with E-state index in [1.807, 2.05) is 35.9 Å². The number of amides is 1. The van der Waals surface area contributed by atoms with E-state index in [2.05, 4.69) is 45.4 Å². The van der Waals surface area contributed by atoms with Gasteiger partial charge in [0.25, 0.3) is 11.5 Å². The van der Waals surface area contributed by atoms with Crippen molar-refractivity contribution < 1.29 is 4.79 Å². The van der Waals surface area contributed by atoms with E-state index in [-0.39, 0.29) is 11.5 Å². The van der Waals surface area contributed by atoms with Crippen LogP contribution in [-0.4, -0.2) is 64.1 Å². The Labute approximate surface area is 199 Å². The average Bonchev–Trinajstić information content (AvgIpc) is 3.16. The van der Waals surface area contributed by atoms with E-state index in [1.54, 1.807) is 13.2 Å². The lowest BCUT2D eigenvalue weighted by atomic mass is 10.1. The number of benzene rings is 2. The van der Waals surface area contributed by atoms with Crippen molar-refractivity contribution in [3.63, 3.8) is 0 Å². The first-order valence-electron chi connectivity index (χ1n) is 11.9. The van der Waals surface area contributed by atoms with E-state index in [1.165, 1.54) is 10.1 Å². The van der Waals surface area contributed by atoms with Crippen molar-refractivity contribution in [2.45, 2.75) is 6.54 Å². The molecule has 176 valence electrons. The smallest absolute Gasteiger partial charge is 0.274 e. The summed E-state index contributed by atoms with van der Waals surface area (Å²) in [4.78, 5) is 30.9. The van der Waals surface area contributed by atoms with Gasteiger partial charge < -0.3 is 14.5 Å². The molecule has 1 aliphatic rings. The van der Waals surface area contributed by atoms with Crippen molar-refractivity contribution in [3.05, 3.63) is 82.3 Å². The third-order valence-electron chi connectivity index (χ3n) is 6.89. The van der Waals surface area contributed by atoms with Crippen LogP contribution in [0, 0.1) is 0 Å². The molecular formula is C27H31N5O2. The molecule has 0 atom stereocenters. The maximum absolute atomic E-state index is 13.2. The molecule has 2 aromatic carbocycles. The van der Waals surface area contributed by atoms with Crippen molar-refractivity contribution in [3.8, 4) is 0 Å². The number of carbonyl (C=O) groups is 1. The van der Waals surface area contributed by atoms with Crippen LogP contribution in [0.3, 0.4) is 0 Å². The number of para-hydroxylation sites is 1. The summed E-state index contributed by atoms with van der Waals surface area (Å²) in [6.45, 7) is 6.42. The number of rotatable bonds is 6. The Morgan fingerprint density at radius 3 is 2.35 bits per heavy atom. The summed E-state index contributed by atoms with van der Waals surface area (Å²) in [5.74, 6) is -0.139. The Morgan fingerprint density at radius 1 is 0.912 bits per heavy atom. The molecule has 0 aliphatic carbocycles. The summed E-state index contributed by atoms with van der Waals surface area (Å²) in [7, 11) is 3.58. The van der Waals surface area contributed by atoms with Crippen LogP contribution < -0.4 is 10.9 Å². The average molecular weight is 458 g/mol. The number of carbonyl (C=O) groups excluding carboxylic acids is 1. The van der Waals surface area contributed by atoms with Crippen molar-refractivity contribution in [2.75, 3.05) is 39.3 Å². The van der Waals surface area contributed by atoms with Crippen molar-refractivity contribution >= 4 is 27.7 Å². The quantitative estimate of drug-likeness (QED) is 0.484. The van der Waals surface area contributed by atoms with Gasteiger partial charge in [-0.2, -0.15) is 0 Å². The normalized spacial score (nSPS) is 15.2. The molecule has 1 aliphatic heterocycles. The van der Waals surface area contributed by atoms with Crippen LogP contribution in [0.25, 0.3) is 21.8 Å². The predicted molar refractivity (Wildman–Crippen MR) is 136 cm³/mol. The van der Waals surface area contributed by atoms with Gasteiger partial charge in [0.15, 0.2) is 0 Å². The number of fused-ring (bicyclic) bond motifs is 3. The standard InChI is InChI=1S/C27H31N5O2/c1-29-19-22(24-21-10-6-7-11-23(21)30(2)25(24)27(29)34)26(33)28-12-13-31-14-16-32(17-15-31)18-20-8-4-3-5-9-20/h3-11,19H,12-18H2,1-2H3,(H,28,33). The maximum Gasteiger partial charge on any atom is 0.274 e. The van der Waals surface area contributed by atoms with Crippen molar-refractivity contribution in [1.82, 2.24) is 24.3 Å². The van der Waals surface area contributed by atoms with Crippen LogP contribution >= 0.6 is 0 Å². The van der Waals surface area contributed by atoms with E-state index < -0.39 is 0 Å². The molecule has 0 radical (unpaired) electrons. The molecule has 0 bridgehead atoms.